The number of hydrogen-bond donors (Lipinski definition) is 1. The smallest absolute Gasteiger partial charge is 0.121 e. The molecule has 3 nitrogen and oxygen atoms in total. The summed E-state index contributed by atoms with van der Waals surface area (Å²) in [7, 11) is 0. The van der Waals surface area contributed by atoms with Crippen molar-refractivity contribution in [2.45, 2.75) is 46.1 Å². The third kappa shape index (κ3) is 1.64. The van der Waals surface area contributed by atoms with E-state index in [1.54, 1.807) is 12.1 Å². The lowest BCUT2D eigenvalue weighted by Gasteiger charge is -2.38. The molecule has 0 radical (unpaired) electrons. The van der Waals surface area contributed by atoms with Gasteiger partial charge in [0.15, 0.2) is 0 Å². The lowest BCUT2D eigenvalue weighted by Crippen LogP contribution is -2.38. The van der Waals surface area contributed by atoms with E-state index in [1.165, 1.54) is 12.8 Å². The van der Waals surface area contributed by atoms with Crippen molar-refractivity contribution in [1.82, 2.24) is 0 Å². The largest absolute Gasteiger partial charge is 0.490 e. The Morgan fingerprint density at radius 3 is 2.65 bits per heavy atom. The van der Waals surface area contributed by atoms with Gasteiger partial charge < -0.3 is 10.5 Å². The van der Waals surface area contributed by atoms with Crippen LogP contribution in [0.1, 0.15) is 45.6 Å². The number of benzene rings is 1. The summed E-state index contributed by atoms with van der Waals surface area (Å²) in [5, 5.41) is 9.06. The first-order valence-electron chi connectivity index (χ1n) is 7.35. The maximum Gasteiger partial charge on any atom is 0.121 e. The van der Waals surface area contributed by atoms with Crippen molar-refractivity contribution in [3.05, 3.63) is 23.8 Å². The Hall–Kier alpha value is -1.69. The van der Waals surface area contributed by atoms with E-state index in [2.05, 4.69) is 26.8 Å². The minimum atomic E-state index is 0.228. The number of anilines is 1. The summed E-state index contributed by atoms with van der Waals surface area (Å²) in [4.78, 5) is 0. The number of nitrogen functional groups attached to an aromatic ring is 1. The average Bonchev–Trinajstić information content (AvgIpc) is 2.74. The zero-order valence-corrected chi connectivity index (χ0v) is 12.4. The van der Waals surface area contributed by atoms with Gasteiger partial charge in [-0.25, -0.2) is 0 Å². The van der Waals surface area contributed by atoms with Crippen molar-refractivity contribution < 1.29 is 4.74 Å². The van der Waals surface area contributed by atoms with Crippen molar-refractivity contribution in [2.75, 3.05) is 5.73 Å². The highest BCUT2D eigenvalue weighted by molar-refractivity contribution is 5.56. The SMILES string of the molecule is CC1(C)C2CCC1(C)C(Oc1ccc(N)c(C#N)c1)C2. The molecule has 0 amide bonds. The van der Waals surface area contributed by atoms with Crippen molar-refractivity contribution in [2.24, 2.45) is 16.7 Å². The summed E-state index contributed by atoms with van der Waals surface area (Å²) < 4.78 is 6.24. The molecule has 2 bridgehead atoms. The maximum absolute atomic E-state index is 9.06. The fraction of sp³-hybridized carbons (Fsp3) is 0.588. The first-order chi connectivity index (χ1) is 9.38. The van der Waals surface area contributed by atoms with Crippen LogP contribution in [0.4, 0.5) is 5.69 Å². The molecule has 0 heterocycles. The summed E-state index contributed by atoms with van der Waals surface area (Å²) in [6, 6.07) is 7.51. The Labute approximate surface area is 120 Å². The van der Waals surface area contributed by atoms with Crippen LogP contribution in [0.15, 0.2) is 18.2 Å². The third-order valence-electron chi connectivity index (χ3n) is 6.14. The van der Waals surface area contributed by atoms with Crippen LogP contribution in [0.3, 0.4) is 0 Å². The van der Waals surface area contributed by atoms with Gasteiger partial charge in [-0.3, -0.25) is 0 Å². The monoisotopic (exact) mass is 270 g/mol. The molecule has 106 valence electrons. The standard InChI is InChI=1S/C17H22N2O/c1-16(2)12-6-7-17(16,3)15(9-12)20-13-4-5-14(19)11(8-13)10-18/h4-5,8,12,15H,6-7,9,19H2,1-3H3. The first-order valence-corrected chi connectivity index (χ1v) is 7.35. The highest BCUT2D eigenvalue weighted by atomic mass is 16.5. The molecule has 2 fully saturated rings. The molecule has 1 aromatic rings. The number of rotatable bonds is 2. The number of nitrogens with two attached hydrogens (primary N) is 1. The maximum atomic E-state index is 9.06. The van der Waals surface area contributed by atoms with Crippen LogP contribution >= 0.6 is 0 Å². The molecule has 0 aliphatic heterocycles. The molecule has 1 aromatic carbocycles. The number of ether oxygens (including phenoxy) is 1. The van der Waals surface area contributed by atoms with Gasteiger partial charge in [0.25, 0.3) is 0 Å². The van der Waals surface area contributed by atoms with Crippen LogP contribution in [0, 0.1) is 28.1 Å². The molecule has 3 atom stereocenters. The molecule has 3 unspecified atom stereocenters. The molecule has 2 N–H and O–H groups in total. The molecule has 0 aromatic heterocycles. The van der Waals surface area contributed by atoms with Crippen LogP contribution in [0.5, 0.6) is 5.75 Å². The van der Waals surface area contributed by atoms with E-state index in [4.69, 9.17) is 15.7 Å². The molecule has 0 spiro atoms. The van der Waals surface area contributed by atoms with Crippen molar-refractivity contribution >= 4 is 5.69 Å². The lowest BCUT2D eigenvalue weighted by molar-refractivity contribution is 0.0302. The third-order valence-corrected chi connectivity index (χ3v) is 6.14. The summed E-state index contributed by atoms with van der Waals surface area (Å²) >= 11 is 0. The molecule has 2 aliphatic carbocycles. The quantitative estimate of drug-likeness (QED) is 0.833. The Morgan fingerprint density at radius 1 is 1.35 bits per heavy atom. The average molecular weight is 270 g/mol. The van der Waals surface area contributed by atoms with E-state index in [9.17, 15) is 0 Å². The number of fused-ring (bicyclic) bond motifs is 2. The van der Waals surface area contributed by atoms with Gasteiger partial charge in [-0.15, -0.1) is 0 Å². The van der Waals surface area contributed by atoms with Crippen LogP contribution < -0.4 is 10.5 Å². The molecule has 3 rings (SSSR count). The number of nitriles is 1. The van der Waals surface area contributed by atoms with Gasteiger partial charge in [0.05, 0.1) is 5.56 Å². The summed E-state index contributed by atoms with van der Waals surface area (Å²) in [6.07, 6.45) is 3.91. The van der Waals surface area contributed by atoms with E-state index in [1.807, 2.05) is 6.07 Å². The molecular formula is C17H22N2O. The topological polar surface area (TPSA) is 59.0 Å². The van der Waals surface area contributed by atoms with Gasteiger partial charge in [0.1, 0.15) is 17.9 Å². The van der Waals surface area contributed by atoms with Crippen LogP contribution in [-0.2, 0) is 0 Å². The predicted octanol–water partition coefficient (Wildman–Crippen LogP) is 3.73. The van der Waals surface area contributed by atoms with Crippen molar-refractivity contribution in [3.8, 4) is 11.8 Å². The summed E-state index contributed by atoms with van der Waals surface area (Å²) in [5.74, 6) is 1.52. The van der Waals surface area contributed by atoms with Gasteiger partial charge in [0.2, 0.25) is 0 Å². The Morgan fingerprint density at radius 2 is 2.10 bits per heavy atom. The number of nitrogens with zero attached hydrogens (tertiary/aromatic N) is 1. The van der Waals surface area contributed by atoms with Crippen LogP contribution in [-0.4, -0.2) is 6.10 Å². The zero-order chi connectivity index (χ0) is 14.5. The van der Waals surface area contributed by atoms with E-state index in [0.29, 0.717) is 16.7 Å². The summed E-state index contributed by atoms with van der Waals surface area (Å²) in [5.41, 5.74) is 7.33. The van der Waals surface area contributed by atoms with Gasteiger partial charge in [0, 0.05) is 11.1 Å². The molecule has 2 aliphatic rings. The lowest BCUT2D eigenvalue weighted by atomic mass is 9.70. The van der Waals surface area contributed by atoms with E-state index in [-0.39, 0.29) is 11.5 Å². The van der Waals surface area contributed by atoms with E-state index < -0.39 is 0 Å². The fourth-order valence-corrected chi connectivity index (χ4v) is 4.18. The number of hydrogen-bond acceptors (Lipinski definition) is 3. The Kier molecular flexibility index (Phi) is 2.76. The second kappa shape index (κ2) is 4.15. The normalized spacial score (nSPS) is 33.9. The molecule has 0 saturated heterocycles. The van der Waals surface area contributed by atoms with E-state index in [0.717, 1.165) is 18.1 Å². The minimum Gasteiger partial charge on any atom is -0.490 e. The second-order valence-corrected chi connectivity index (χ2v) is 7.08. The highest BCUT2D eigenvalue weighted by Gasteiger charge is 2.62. The Bertz CT molecular complexity index is 587. The van der Waals surface area contributed by atoms with E-state index >= 15 is 0 Å². The van der Waals surface area contributed by atoms with Gasteiger partial charge >= 0.3 is 0 Å². The van der Waals surface area contributed by atoms with Crippen molar-refractivity contribution in [1.29, 1.82) is 5.26 Å². The Balaban J connectivity index is 1.85. The van der Waals surface area contributed by atoms with Gasteiger partial charge in [-0.05, 0) is 48.8 Å². The van der Waals surface area contributed by atoms with Crippen LogP contribution in [0.2, 0.25) is 0 Å². The molecule has 20 heavy (non-hydrogen) atoms. The van der Waals surface area contributed by atoms with Gasteiger partial charge in [-0.1, -0.05) is 20.8 Å². The zero-order valence-electron chi connectivity index (χ0n) is 12.4. The highest BCUT2D eigenvalue weighted by Crippen LogP contribution is 2.66. The van der Waals surface area contributed by atoms with Crippen molar-refractivity contribution in [3.63, 3.8) is 0 Å². The molecule has 2 saturated carbocycles. The van der Waals surface area contributed by atoms with Crippen LogP contribution in [0.25, 0.3) is 0 Å². The summed E-state index contributed by atoms with van der Waals surface area (Å²) in [6.45, 7) is 7.10. The predicted molar refractivity (Wildman–Crippen MR) is 79.2 cm³/mol. The second-order valence-electron chi connectivity index (χ2n) is 7.08. The van der Waals surface area contributed by atoms with Gasteiger partial charge in [-0.2, -0.15) is 5.26 Å². The molecular weight excluding hydrogens is 248 g/mol. The minimum absolute atomic E-state index is 0.228. The molecule has 3 heteroatoms. The first kappa shape index (κ1) is 13.3. The fourth-order valence-electron chi connectivity index (χ4n) is 4.18.